The van der Waals surface area contributed by atoms with Crippen molar-refractivity contribution >= 4 is 32.0 Å². The van der Waals surface area contributed by atoms with E-state index in [2.05, 4.69) is 0 Å². The summed E-state index contributed by atoms with van der Waals surface area (Å²) >= 11 is 0.717. The van der Waals surface area contributed by atoms with Gasteiger partial charge in [0, 0.05) is 11.2 Å². The average Bonchev–Trinajstić information content (AvgIpc) is 2.45. The molecular weight excluding hydrogens is 448 g/mol. The fraction of sp³-hybridized carbons (Fsp3) is 0.700. The molecule has 0 fully saturated rings. The molecule has 0 aromatic heterocycles. The highest BCUT2D eigenvalue weighted by molar-refractivity contribution is 7.95. The van der Waals surface area contributed by atoms with Gasteiger partial charge < -0.3 is 4.55 Å². The van der Waals surface area contributed by atoms with Crippen LogP contribution in [0, 0.1) is 0 Å². The van der Waals surface area contributed by atoms with Gasteiger partial charge in [0.15, 0.2) is 9.84 Å². The number of hydrogen-bond donors (Lipinski definition) is 0. The number of benzene rings is 1. The Morgan fingerprint density at radius 3 is 1.37 bits per heavy atom. The van der Waals surface area contributed by atoms with Crippen molar-refractivity contribution in [1.29, 1.82) is 0 Å². The molecular formula is C20H33O7S3-. The van der Waals surface area contributed by atoms with Gasteiger partial charge in [0.2, 0.25) is 0 Å². The van der Waals surface area contributed by atoms with Crippen LogP contribution >= 0.6 is 12.0 Å². The highest BCUT2D eigenvalue weighted by Crippen LogP contribution is 2.51. The van der Waals surface area contributed by atoms with Crippen LogP contribution in [0.1, 0.15) is 79.0 Å². The van der Waals surface area contributed by atoms with E-state index in [1.165, 1.54) is 7.11 Å². The van der Waals surface area contributed by atoms with Gasteiger partial charge >= 0.3 is 0 Å². The summed E-state index contributed by atoms with van der Waals surface area (Å²) in [5, 5.41) is 0. The maximum Gasteiger partial charge on any atom is 0.176 e. The third-order valence-electron chi connectivity index (χ3n) is 4.42. The first-order chi connectivity index (χ1) is 13.1. The van der Waals surface area contributed by atoms with Gasteiger partial charge in [-0.05, 0) is 32.9 Å². The van der Waals surface area contributed by atoms with Crippen LogP contribution in [0.5, 0.6) is 0 Å². The zero-order chi connectivity index (χ0) is 24.1. The molecule has 0 saturated heterocycles. The molecule has 1 aromatic carbocycles. The second-order valence-corrected chi connectivity index (χ2v) is 14.4. The van der Waals surface area contributed by atoms with E-state index in [1.54, 1.807) is 41.5 Å². The van der Waals surface area contributed by atoms with Crippen LogP contribution in [0.15, 0.2) is 14.7 Å². The fourth-order valence-electron chi connectivity index (χ4n) is 3.50. The lowest BCUT2D eigenvalue weighted by Gasteiger charge is -2.38. The average molecular weight is 482 g/mol. The second-order valence-electron chi connectivity index (χ2n) is 10.4. The van der Waals surface area contributed by atoms with Crippen molar-refractivity contribution in [2.45, 2.75) is 93.2 Å². The summed E-state index contributed by atoms with van der Waals surface area (Å²) in [5.41, 5.74) is -1.85. The Bertz CT molecular complexity index is 947. The van der Waals surface area contributed by atoms with E-state index < -0.39 is 41.1 Å². The lowest BCUT2D eigenvalue weighted by molar-refractivity contribution is -0.160. The lowest BCUT2D eigenvalue weighted by Crippen LogP contribution is -2.31. The first kappa shape index (κ1) is 27.4. The van der Waals surface area contributed by atoms with Crippen LogP contribution in [0.25, 0.3) is 0 Å². The van der Waals surface area contributed by atoms with E-state index in [9.17, 15) is 21.4 Å². The van der Waals surface area contributed by atoms with Crippen LogP contribution in [-0.2, 0) is 45.4 Å². The predicted octanol–water partition coefficient (Wildman–Crippen LogP) is 4.47. The normalized spacial score (nSPS) is 14.3. The monoisotopic (exact) mass is 481 g/mol. The molecule has 0 unspecified atom stereocenters. The minimum atomic E-state index is -5.05. The summed E-state index contributed by atoms with van der Waals surface area (Å²) in [6.07, 6.45) is 1.02. The summed E-state index contributed by atoms with van der Waals surface area (Å²) in [6, 6.07) is 0. The van der Waals surface area contributed by atoms with E-state index in [0.717, 1.165) is 18.3 Å². The molecule has 0 N–H and O–H groups in total. The van der Waals surface area contributed by atoms with Crippen LogP contribution < -0.4 is 0 Å². The van der Waals surface area contributed by atoms with Crippen molar-refractivity contribution in [2.75, 3.05) is 13.4 Å². The zero-order valence-electron chi connectivity index (χ0n) is 19.6. The molecule has 1 rings (SSSR count). The molecule has 1 aromatic rings. The largest absolute Gasteiger partial charge is 0.744 e. The quantitative estimate of drug-likeness (QED) is 0.262. The van der Waals surface area contributed by atoms with Crippen molar-refractivity contribution in [3.63, 3.8) is 0 Å². The number of hydrogen-bond acceptors (Lipinski definition) is 8. The highest BCUT2D eigenvalue weighted by atomic mass is 32.2. The van der Waals surface area contributed by atoms with Crippen LogP contribution in [0.2, 0.25) is 0 Å². The molecule has 0 aliphatic rings. The van der Waals surface area contributed by atoms with E-state index in [4.69, 9.17) is 9.22 Å². The highest BCUT2D eigenvalue weighted by Gasteiger charge is 2.42. The van der Waals surface area contributed by atoms with Crippen molar-refractivity contribution in [2.24, 2.45) is 0 Å². The molecule has 0 spiro atoms. The van der Waals surface area contributed by atoms with Crippen molar-refractivity contribution < 1.29 is 30.6 Å². The predicted molar refractivity (Wildman–Crippen MR) is 118 cm³/mol. The van der Waals surface area contributed by atoms with E-state index in [0.29, 0.717) is 5.56 Å². The molecule has 0 saturated carbocycles. The summed E-state index contributed by atoms with van der Waals surface area (Å²) in [6.45, 7) is 15.9. The topological polar surface area (TPSA) is 110 Å². The van der Waals surface area contributed by atoms with Crippen LogP contribution in [-0.4, -0.2) is 34.8 Å². The molecule has 0 aliphatic carbocycles. The third kappa shape index (κ3) is 5.77. The summed E-state index contributed by atoms with van der Waals surface area (Å²) < 4.78 is 69.0. The van der Waals surface area contributed by atoms with Gasteiger partial charge in [0.25, 0.3) is 0 Å². The second kappa shape index (κ2) is 8.37. The molecule has 30 heavy (non-hydrogen) atoms. The summed E-state index contributed by atoms with van der Waals surface area (Å²) in [7, 11) is -7.70. The number of sulfone groups is 1. The fourth-order valence-corrected chi connectivity index (χ4v) is 7.69. The SMILES string of the molecule is COOSc1c(C(C)(C)C)c(S(C)(=O)=O)c(C(C)(C)C)c(S(=O)(=O)[O-])c1C(C)(C)C. The molecule has 0 aliphatic heterocycles. The van der Waals surface area contributed by atoms with Gasteiger partial charge in [-0.3, -0.25) is 0 Å². The minimum absolute atomic E-state index is 0.0108. The van der Waals surface area contributed by atoms with Crippen molar-refractivity contribution in [1.82, 2.24) is 0 Å². The van der Waals surface area contributed by atoms with E-state index in [1.807, 2.05) is 20.8 Å². The minimum Gasteiger partial charge on any atom is -0.744 e. The van der Waals surface area contributed by atoms with Crippen molar-refractivity contribution in [3.05, 3.63) is 16.7 Å². The van der Waals surface area contributed by atoms with Gasteiger partial charge in [0.05, 0.1) is 28.9 Å². The van der Waals surface area contributed by atoms with Gasteiger partial charge in [-0.25, -0.2) is 21.7 Å². The van der Waals surface area contributed by atoms with Crippen LogP contribution in [0.3, 0.4) is 0 Å². The van der Waals surface area contributed by atoms with Gasteiger partial charge in [-0.1, -0.05) is 62.3 Å². The zero-order valence-corrected chi connectivity index (χ0v) is 22.0. The molecule has 0 bridgehead atoms. The van der Waals surface area contributed by atoms with Crippen molar-refractivity contribution in [3.8, 4) is 0 Å². The number of rotatable bonds is 5. The molecule has 0 atom stereocenters. The molecule has 0 radical (unpaired) electrons. The Morgan fingerprint density at radius 2 is 1.10 bits per heavy atom. The Morgan fingerprint density at radius 1 is 0.733 bits per heavy atom. The Labute approximate surface area is 185 Å². The van der Waals surface area contributed by atoms with E-state index in [-0.39, 0.29) is 20.9 Å². The molecule has 0 heterocycles. The molecule has 0 amide bonds. The molecule has 7 nitrogen and oxygen atoms in total. The Kier molecular flexibility index (Phi) is 7.64. The first-order valence-corrected chi connectivity index (χ1v) is 13.4. The standard InChI is InChI=1S/C20H34O7S3/c1-18(2,3)12-15(28-27-26-10)13(19(4,5)6)17(30(23,24)25)14(20(7,8)9)16(12)29(11,21)22/h1-11H3,(H,23,24,25)/p-1. The first-order valence-electron chi connectivity index (χ1n) is 9.35. The maximum atomic E-state index is 13.1. The maximum absolute atomic E-state index is 13.1. The smallest absolute Gasteiger partial charge is 0.176 e. The Hall–Kier alpha value is -0.650. The summed E-state index contributed by atoms with van der Waals surface area (Å²) in [5.74, 6) is 0. The third-order valence-corrected chi connectivity index (χ3v) is 7.26. The van der Waals surface area contributed by atoms with Crippen LogP contribution in [0.4, 0.5) is 0 Å². The Balaban J connectivity index is 4.78. The van der Waals surface area contributed by atoms with Gasteiger partial charge in [-0.15, -0.1) is 0 Å². The van der Waals surface area contributed by atoms with E-state index >= 15 is 0 Å². The van der Waals surface area contributed by atoms with Gasteiger partial charge in [-0.2, -0.15) is 4.33 Å². The summed E-state index contributed by atoms with van der Waals surface area (Å²) in [4.78, 5) is 4.33. The van der Waals surface area contributed by atoms with Gasteiger partial charge in [0.1, 0.15) is 10.1 Å². The molecule has 10 heteroatoms. The molecule has 174 valence electrons. The lowest BCUT2D eigenvalue weighted by atomic mass is 9.75.